The third-order valence-corrected chi connectivity index (χ3v) is 3.32. The summed E-state index contributed by atoms with van der Waals surface area (Å²) >= 11 is 0. The second kappa shape index (κ2) is 6.54. The number of nitriles is 1. The van der Waals surface area contributed by atoms with Crippen molar-refractivity contribution in [2.45, 2.75) is 13.2 Å². The molecule has 0 N–H and O–H groups in total. The van der Waals surface area contributed by atoms with Gasteiger partial charge in [0, 0.05) is 25.2 Å². The first-order chi connectivity index (χ1) is 11.6. The topological polar surface area (TPSA) is 80.5 Å². The normalized spacial score (nSPS) is 12.1. The number of hydrogen-bond donors (Lipinski definition) is 0. The van der Waals surface area contributed by atoms with Gasteiger partial charge in [0.05, 0.1) is 12.4 Å². The van der Waals surface area contributed by atoms with Crippen molar-refractivity contribution in [2.24, 2.45) is 0 Å². The quantitative estimate of drug-likeness (QED) is 0.830. The lowest BCUT2D eigenvalue weighted by Crippen LogP contribution is -2.19. The van der Waals surface area contributed by atoms with E-state index in [4.69, 9.17) is 14.7 Å². The van der Waals surface area contributed by atoms with Crippen molar-refractivity contribution in [1.82, 2.24) is 9.97 Å². The van der Waals surface area contributed by atoms with E-state index in [-0.39, 0.29) is 24.8 Å². The van der Waals surface area contributed by atoms with E-state index in [1.807, 2.05) is 6.07 Å². The maximum atomic E-state index is 12.6. The van der Waals surface area contributed by atoms with Crippen LogP contribution in [-0.2, 0) is 6.54 Å². The van der Waals surface area contributed by atoms with Crippen LogP contribution in [-0.4, -0.2) is 30.4 Å². The number of benzene rings is 1. The van der Waals surface area contributed by atoms with Crippen LogP contribution in [0.5, 0.6) is 17.2 Å². The van der Waals surface area contributed by atoms with Gasteiger partial charge in [-0.3, -0.25) is 0 Å². The van der Waals surface area contributed by atoms with Crippen LogP contribution >= 0.6 is 0 Å². The van der Waals surface area contributed by atoms with Crippen LogP contribution in [0, 0.1) is 11.3 Å². The molecule has 9 heteroatoms. The minimum Gasteiger partial charge on any atom is -0.454 e. The van der Waals surface area contributed by atoms with E-state index < -0.39 is 6.61 Å². The van der Waals surface area contributed by atoms with Crippen LogP contribution in [0.1, 0.15) is 11.3 Å². The summed E-state index contributed by atoms with van der Waals surface area (Å²) in [4.78, 5) is 9.72. The zero-order chi connectivity index (χ0) is 17.1. The lowest BCUT2D eigenvalue weighted by atomic mass is 10.1. The van der Waals surface area contributed by atoms with Gasteiger partial charge in [-0.05, 0) is 6.07 Å². The Morgan fingerprint density at radius 1 is 1.29 bits per heavy atom. The van der Waals surface area contributed by atoms with Crippen molar-refractivity contribution in [3.63, 3.8) is 0 Å². The number of rotatable bonds is 5. The van der Waals surface area contributed by atoms with Gasteiger partial charge in [-0.15, -0.1) is 0 Å². The molecule has 0 bridgehead atoms. The predicted octanol–water partition coefficient (Wildman–Crippen LogP) is 2.31. The van der Waals surface area contributed by atoms with Crippen molar-refractivity contribution in [3.05, 3.63) is 35.8 Å². The minimum absolute atomic E-state index is 0.00250. The van der Waals surface area contributed by atoms with E-state index in [0.717, 1.165) is 0 Å². The summed E-state index contributed by atoms with van der Waals surface area (Å²) in [6, 6.07) is 4.84. The predicted molar refractivity (Wildman–Crippen MR) is 78.1 cm³/mol. The molecule has 0 radical (unpaired) electrons. The number of aromatic nitrogens is 2. The molecule has 2 aromatic rings. The molecule has 0 amide bonds. The lowest BCUT2D eigenvalue weighted by Gasteiger charge is -2.20. The fourth-order valence-corrected chi connectivity index (χ4v) is 2.21. The molecule has 0 unspecified atom stereocenters. The lowest BCUT2D eigenvalue weighted by molar-refractivity contribution is -0.0505. The van der Waals surface area contributed by atoms with Gasteiger partial charge in [0.2, 0.25) is 6.79 Å². The first-order valence-corrected chi connectivity index (χ1v) is 6.87. The summed E-state index contributed by atoms with van der Waals surface area (Å²) in [5, 5.41) is 8.73. The molecular formula is C15H12F2N4O3. The fraction of sp³-hybridized carbons (Fsp3) is 0.267. The summed E-state index contributed by atoms with van der Waals surface area (Å²) < 4.78 is 40.3. The fourth-order valence-electron chi connectivity index (χ4n) is 2.21. The Kier molecular flexibility index (Phi) is 4.29. The summed E-state index contributed by atoms with van der Waals surface area (Å²) in [7, 11) is 1.72. The second-order valence-electron chi connectivity index (χ2n) is 4.92. The molecule has 0 aliphatic carbocycles. The maximum Gasteiger partial charge on any atom is 0.387 e. The minimum atomic E-state index is -2.95. The molecule has 2 heterocycles. The summed E-state index contributed by atoms with van der Waals surface area (Å²) in [6.45, 7) is -2.70. The molecular weight excluding hydrogens is 322 g/mol. The molecule has 0 spiro atoms. The van der Waals surface area contributed by atoms with Gasteiger partial charge in [-0.25, -0.2) is 9.97 Å². The molecule has 1 aliphatic rings. The molecule has 0 fully saturated rings. The van der Waals surface area contributed by atoms with Gasteiger partial charge in [-0.1, -0.05) is 0 Å². The Labute approximate surface area is 136 Å². The molecule has 1 aliphatic heterocycles. The number of ether oxygens (including phenoxy) is 3. The van der Waals surface area contributed by atoms with Gasteiger partial charge in [0.25, 0.3) is 0 Å². The van der Waals surface area contributed by atoms with Crippen molar-refractivity contribution >= 4 is 5.82 Å². The van der Waals surface area contributed by atoms with Gasteiger partial charge in [0.15, 0.2) is 17.2 Å². The van der Waals surface area contributed by atoms with E-state index in [1.54, 1.807) is 18.0 Å². The van der Waals surface area contributed by atoms with E-state index >= 15 is 0 Å². The van der Waals surface area contributed by atoms with Gasteiger partial charge < -0.3 is 19.1 Å². The maximum absolute atomic E-state index is 12.6. The van der Waals surface area contributed by atoms with Gasteiger partial charge in [-0.2, -0.15) is 14.0 Å². The largest absolute Gasteiger partial charge is 0.454 e. The first kappa shape index (κ1) is 15.7. The molecule has 3 rings (SSSR count). The SMILES string of the molecule is CN(Cc1cc2c(cc1OC(F)F)OCO2)c1cnc(C#N)cn1. The molecule has 0 saturated carbocycles. The van der Waals surface area contributed by atoms with Crippen LogP contribution in [0.3, 0.4) is 0 Å². The van der Waals surface area contributed by atoms with E-state index in [0.29, 0.717) is 22.9 Å². The highest BCUT2D eigenvalue weighted by Gasteiger charge is 2.21. The average Bonchev–Trinajstić information content (AvgIpc) is 3.01. The number of hydrogen-bond acceptors (Lipinski definition) is 7. The number of alkyl halides is 2. The molecule has 0 saturated heterocycles. The number of halogens is 2. The molecule has 24 heavy (non-hydrogen) atoms. The summed E-state index contributed by atoms with van der Waals surface area (Å²) in [5.74, 6) is 1.30. The Morgan fingerprint density at radius 3 is 2.67 bits per heavy atom. The molecule has 7 nitrogen and oxygen atoms in total. The second-order valence-corrected chi connectivity index (χ2v) is 4.92. The van der Waals surface area contributed by atoms with Crippen LogP contribution in [0.25, 0.3) is 0 Å². The van der Waals surface area contributed by atoms with Gasteiger partial charge in [0.1, 0.15) is 17.6 Å². The Bertz CT molecular complexity index is 778. The van der Waals surface area contributed by atoms with Crippen LogP contribution in [0.4, 0.5) is 14.6 Å². The highest BCUT2D eigenvalue weighted by atomic mass is 19.3. The molecule has 124 valence electrons. The monoisotopic (exact) mass is 334 g/mol. The standard InChI is InChI=1S/C15H12F2N4O3/c1-21(14-6-19-10(4-18)5-20-14)7-9-2-12-13(23-8-22-12)3-11(9)24-15(16)17/h2-3,5-6,15H,7-8H2,1H3. The van der Waals surface area contributed by atoms with Crippen LogP contribution < -0.4 is 19.1 Å². The number of nitrogens with zero attached hydrogens (tertiary/aromatic N) is 4. The van der Waals surface area contributed by atoms with Crippen LogP contribution in [0.2, 0.25) is 0 Å². The van der Waals surface area contributed by atoms with Crippen molar-refractivity contribution in [2.75, 3.05) is 18.7 Å². The highest BCUT2D eigenvalue weighted by Crippen LogP contribution is 2.39. The van der Waals surface area contributed by atoms with Crippen molar-refractivity contribution < 1.29 is 23.0 Å². The third kappa shape index (κ3) is 3.27. The summed E-state index contributed by atoms with van der Waals surface area (Å²) in [6.07, 6.45) is 2.77. The number of anilines is 1. The van der Waals surface area contributed by atoms with Gasteiger partial charge >= 0.3 is 6.61 Å². The van der Waals surface area contributed by atoms with E-state index in [1.165, 1.54) is 18.5 Å². The number of fused-ring (bicyclic) bond motifs is 1. The van der Waals surface area contributed by atoms with Crippen molar-refractivity contribution in [1.29, 1.82) is 5.26 Å². The van der Waals surface area contributed by atoms with Crippen LogP contribution in [0.15, 0.2) is 24.5 Å². The first-order valence-electron chi connectivity index (χ1n) is 6.87. The summed E-state index contributed by atoms with van der Waals surface area (Å²) in [5.41, 5.74) is 0.671. The van der Waals surface area contributed by atoms with E-state index in [2.05, 4.69) is 14.7 Å². The third-order valence-electron chi connectivity index (χ3n) is 3.32. The molecule has 1 aromatic carbocycles. The Hall–Kier alpha value is -3.15. The Balaban J connectivity index is 1.86. The molecule has 0 atom stereocenters. The van der Waals surface area contributed by atoms with Crippen molar-refractivity contribution in [3.8, 4) is 23.3 Å². The highest BCUT2D eigenvalue weighted by molar-refractivity contribution is 5.53. The average molecular weight is 334 g/mol. The molecule has 1 aromatic heterocycles. The zero-order valence-electron chi connectivity index (χ0n) is 12.6. The Morgan fingerprint density at radius 2 is 2.04 bits per heavy atom. The van der Waals surface area contributed by atoms with E-state index in [9.17, 15) is 8.78 Å². The zero-order valence-corrected chi connectivity index (χ0v) is 12.6. The smallest absolute Gasteiger partial charge is 0.387 e.